The van der Waals surface area contributed by atoms with Gasteiger partial charge in [-0.05, 0) is 43.7 Å². The zero-order valence-electron chi connectivity index (χ0n) is 18.5. The standard InChI is InChI=1S/C23H20N4O6S/c1-14-8-9-17(27(29)30)13-22(14)34(31,32)25-20-11-10-16(12-21(20)33-3)26-15(2)24-19-7-5-4-6-18(19)23(26)28/h4-13,25H,1-3H3. The van der Waals surface area contributed by atoms with Gasteiger partial charge >= 0.3 is 0 Å². The molecule has 174 valence electrons. The molecule has 0 atom stereocenters. The lowest BCUT2D eigenvalue weighted by molar-refractivity contribution is -0.385. The first-order chi connectivity index (χ1) is 16.1. The van der Waals surface area contributed by atoms with E-state index in [0.29, 0.717) is 28.0 Å². The number of methoxy groups -OCH3 is 1. The smallest absolute Gasteiger partial charge is 0.270 e. The maximum absolute atomic E-state index is 13.1. The molecule has 1 heterocycles. The summed E-state index contributed by atoms with van der Waals surface area (Å²) in [6.45, 7) is 3.24. The molecule has 0 bridgehead atoms. The molecule has 0 radical (unpaired) electrons. The lowest BCUT2D eigenvalue weighted by Gasteiger charge is -2.16. The van der Waals surface area contributed by atoms with Crippen LogP contribution >= 0.6 is 0 Å². The molecule has 11 heteroatoms. The summed E-state index contributed by atoms with van der Waals surface area (Å²) in [5, 5.41) is 11.5. The third kappa shape index (κ3) is 4.08. The fourth-order valence-electron chi connectivity index (χ4n) is 3.64. The zero-order chi connectivity index (χ0) is 24.6. The lowest BCUT2D eigenvalue weighted by Crippen LogP contribution is -2.22. The van der Waals surface area contributed by atoms with Crippen molar-refractivity contribution >= 4 is 32.3 Å². The second-order valence-electron chi connectivity index (χ2n) is 7.51. The first-order valence-electron chi connectivity index (χ1n) is 10.1. The Kier molecular flexibility index (Phi) is 5.80. The van der Waals surface area contributed by atoms with E-state index in [1.807, 2.05) is 0 Å². The molecule has 34 heavy (non-hydrogen) atoms. The first-order valence-corrected chi connectivity index (χ1v) is 11.6. The average molecular weight is 481 g/mol. The zero-order valence-corrected chi connectivity index (χ0v) is 19.3. The molecule has 3 aromatic carbocycles. The summed E-state index contributed by atoms with van der Waals surface area (Å²) in [5.41, 5.74) is 0.851. The van der Waals surface area contributed by atoms with Crippen molar-refractivity contribution in [1.29, 1.82) is 0 Å². The van der Waals surface area contributed by atoms with Crippen LogP contribution in [0.15, 0.2) is 70.4 Å². The van der Waals surface area contributed by atoms with Gasteiger partial charge in [0.05, 0.1) is 39.2 Å². The summed E-state index contributed by atoms with van der Waals surface area (Å²) < 4.78 is 35.2. The van der Waals surface area contributed by atoms with Gasteiger partial charge in [0.2, 0.25) is 0 Å². The van der Waals surface area contributed by atoms with Crippen LogP contribution in [0.5, 0.6) is 5.75 Å². The summed E-state index contributed by atoms with van der Waals surface area (Å²) in [4.78, 5) is 27.8. The van der Waals surface area contributed by atoms with E-state index in [1.165, 1.54) is 35.9 Å². The Balaban J connectivity index is 1.78. The molecule has 0 saturated heterocycles. The number of nitro groups is 1. The number of anilines is 1. The number of nitrogens with one attached hydrogen (secondary N) is 1. The molecule has 10 nitrogen and oxygen atoms in total. The monoisotopic (exact) mass is 480 g/mol. The van der Waals surface area contributed by atoms with Crippen LogP contribution in [-0.2, 0) is 10.0 Å². The molecule has 0 aliphatic rings. The van der Waals surface area contributed by atoms with E-state index in [0.717, 1.165) is 6.07 Å². The molecular weight excluding hydrogens is 460 g/mol. The quantitative estimate of drug-likeness (QED) is 0.328. The van der Waals surface area contributed by atoms with Crippen molar-refractivity contribution in [2.24, 2.45) is 0 Å². The van der Waals surface area contributed by atoms with E-state index in [4.69, 9.17) is 4.74 Å². The number of para-hydroxylation sites is 1. The molecule has 1 aromatic heterocycles. The Hall–Kier alpha value is -4.25. The number of sulfonamides is 1. The SMILES string of the molecule is COc1cc(-n2c(C)nc3ccccc3c2=O)ccc1NS(=O)(=O)c1cc([N+](=O)[O-])ccc1C. The predicted octanol–water partition coefficient (Wildman–Crippen LogP) is 3.72. The topological polar surface area (TPSA) is 133 Å². The highest BCUT2D eigenvalue weighted by atomic mass is 32.2. The largest absolute Gasteiger partial charge is 0.494 e. The molecule has 0 unspecified atom stereocenters. The summed E-state index contributed by atoms with van der Waals surface area (Å²) in [5.74, 6) is 0.606. The van der Waals surface area contributed by atoms with Crippen molar-refractivity contribution in [2.75, 3.05) is 11.8 Å². The van der Waals surface area contributed by atoms with E-state index in [1.54, 1.807) is 44.2 Å². The summed E-state index contributed by atoms with van der Waals surface area (Å²) in [6.07, 6.45) is 0. The summed E-state index contributed by atoms with van der Waals surface area (Å²) in [7, 11) is -2.81. The normalized spacial score (nSPS) is 11.4. The van der Waals surface area contributed by atoms with E-state index < -0.39 is 14.9 Å². The number of aromatic nitrogens is 2. The van der Waals surface area contributed by atoms with Gasteiger partial charge in [-0.3, -0.25) is 24.2 Å². The lowest BCUT2D eigenvalue weighted by atomic mass is 10.2. The summed E-state index contributed by atoms with van der Waals surface area (Å²) >= 11 is 0. The van der Waals surface area contributed by atoms with E-state index in [-0.39, 0.29) is 27.6 Å². The Bertz CT molecular complexity index is 1610. The van der Waals surface area contributed by atoms with Crippen LogP contribution in [0.4, 0.5) is 11.4 Å². The first kappa shape index (κ1) is 22.9. The van der Waals surface area contributed by atoms with Crippen molar-refractivity contribution in [3.05, 3.63) is 92.5 Å². The fraction of sp³-hybridized carbons (Fsp3) is 0.130. The number of aryl methyl sites for hydroxylation is 2. The van der Waals surface area contributed by atoms with E-state index >= 15 is 0 Å². The van der Waals surface area contributed by atoms with Gasteiger partial charge in [0, 0.05) is 18.2 Å². The maximum atomic E-state index is 13.1. The highest BCUT2D eigenvalue weighted by Gasteiger charge is 2.22. The minimum absolute atomic E-state index is 0.108. The molecule has 0 aliphatic carbocycles. The van der Waals surface area contributed by atoms with E-state index in [9.17, 15) is 23.3 Å². The molecule has 0 aliphatic heterocycles. The Morgan fingerprint density at radius 3 is 2.50 bits per heavy atom. The van der Waals surface area contributed by atoms with Gasteiger partial charge < -0.3 is 4.74 Å². The van der Waals surface area contributed by atoms with Crippen LogP contribution < -0.4 is 15.0 Å². The molecule has 4 rings (SSSR count). The van der Waals surface area contributed by atoms with Gasteiger partial charge in [-0.2, -0.15) is 0 Å². The number of nitrogens with zero attached hydrogens (tertiary/aromatic N) is 3. The van der Waals surface area contributed by atoms with Gasteiger partial charge in [0.1, 0.15) is 11.6 Å². The molecule has 0 spiro atoms. The Morgan fingerprint density at radius 2 is 1.79 bits per heavy atom. The third-order valence-corrected chi connectivity index (χ3v) is 6.81. The fourth-order valence-corrected chi connectivity index (χ4v) is 4.98. The van der Waals surface area contributed by atoms with Crippen LogP contribution in [0.25, 0.3) is 16.6 Å². The van der Waals surface area contributed by atoms with Crippen molar-refractivity contribution in [3.8, 4) is 11.4 Å². The van der Waals surface area contributed by atoms with Gasteiger partial charge in [-0.1, -0.05) is 18.2 Å². The maximum Gasteiger partial charge on any atom is 0.270 e. The Morgan fingerprint density at radius 1 is 1.06 bits per heavy atom. The number of fused-ring (bicyclic) bond motifs is 1. The molecule has 0 saturated carbocycles. The third-order valence-electron chi connectivity index (χ3n) is 5.30. The number of benzene rings is 3. The van der Waals surface area contributed by atoms with Crippen molar-refractivity contribution in [3.63, 3.8) is 0 Å². The van der Waals surface area contributed by atoms with Gasteiger partial charge in [0.15, 0.2) is 0 Å². The van der Waals surface area contributed by atoms with Crippen LogP contribution in [-0.4, -0.2) is 30.0 Å². The molecule has 0 fully saturated rings. The van der Waals surface area contributed by atoms with Crippen LogP contribution in [0.2, 0.25) is 0 Å². The highest BCUT2D eigenvalue weighted by Crippen LogP contribution is 2.31. The van der Waals surface area contributed by atoms with Crippen LogP contribution in [0, 0.1) is 24.0 Å². The van der Waals surface area contributed by atoms with Crippen molar-refractivity contribution in [1.82, 2.24) is 9.55 Å². The van der Waals surface area contributed by atoms with Gasteiger partial charge in [-0.15, -0.1) is 0 Å². The number of hydrogen-bond donors (Lipinski definition) is 1. The second-order valence-corrected chi connectivity index (χ2v) is 9.16. The average Bonchev–Trinajstić information content (AvgIpc) is 2.79. The Labute approximate surface area is 194 Å². The molecule has 1 N–H and O–H groups in total. The number of non-ortho nitro benzene ring substituents is 1. The number of rotatable bonds is 6. The summed E-state index contributed by atoms with van der Waals surface area (Å²) in [6, 6.07) is 15.1. The van der Waals surface area contributed by atoms with Gasteiger partial charge in [0.25, 0.3) is 21.3 Å². The second kappa shape index (κ2) is 8.60. The van der Waals surface area contributed by atoms with Crippen LogP contribution in [0.1, 0.15) is 11.4 Å². The van der Waals surface area contributed by atoms with Crippen LogP contribution in [0.3, 0.4) is 0 Å². The molecule has 0 amide bonds. The number of nitro benzene ring substituents is 1. The highest BCUT2D eigenvalue weighted by molar-refractivity contribution is 7.92. The van der Waals surface area contributed by atoms with Crippen molar-refractivity contribution < 1.29 is 18.1 Å². The minimum Gasteiger partial charge on any atom is -0.494 e. The van der Waals surface area contributed by atoms with Gasteiger partial charge in [-0.25, -0.2) is 13.4 Å². The van der Waals surface area contributed by atoms with Crippen molar-refractivity contribution in [2.45, 2.75) is 18.7 Å². The molecule has 4 aromatic rings. The number of hydrogen-bond acceptors (Lipinski definition) is 7. The molecular formula is C23H20N4O6S. The van der Waals surface area contributed by atoms with E-state index in [2.05, 4.69) is 9.71 Å². The number of ether oxygens (including phenoxy) is 1. The predicted molar refractivity (Wildman–Crippen MR) is 127 cm³/mol. The minimum atomic E-state index is -4.17.